The number of hydrogen-bond donors (Lipinski definition) is 1. The van der Waals surface area contributed by atoms with Crippen molar-refractivity contribution in [3.05, 3.63) is 15.8 Å². The van der Waals surface area contributed by atoms with Crippen molar-refractivity contribution in [2.24, 2.45) is 0 Å². The fourth-order valence-electron chi connectivity index (χ4n) is 1.43. The molecule has 0 aliphatic carbocycles. The lowest BCUT2D eigenvalue weighted by molar-refractivity contribution is 0.198. The largest absolute Gasteiger partial charge is 0.391 e. The summed E-state index contributed by atoms with van der Waals surface area (Å²) in [6.07, 6.45) is 0.620. The van der Waals surface area contributed by atoms with Crippen molar-refractivity contribution in [3.8, 4) is 0 Å². The third-order valence-corrected chi connectivity index (χ3v) is 2.68. The summed E-state index contributed by atoms with van der Waals surface area (Å²) in [6.45, 7) is 1.55. The number of aliphatic hydroxyl groups excluding tert-OH is 1. The molecular weight excluding hydrogens is 281 g/mol. The number of hydrogen-bond acceptors (Lipinski definition) is 4. The number of β-amino-alcohol motifs (C(OH)–C–C–N with tert-alkyl or cyclic N) is 1. The Morgan fingerprint density at radius 1 is 1.46 bits per heavy atom. The predicted octanol–water partition coefficient (Wildman–Crippen LogP) is 0.652. The monoisotopic (exact) mass is 291 g/mol. The molecule has 0 spiro atoms. The average molecular weight is 291 g/mol. The van der Waals surface area contributed by atoms with Crippen LogP contribution in [-0.4, -0.2) is 34.5 Å². The third kappa shape index (κ3) is 2.08. The Morgan fingerprint density at radius 2 is 2.31 bits per heavy atom. The third-order valence-electron chi connectivity index (χ3n) is 2.11. The molecule has 13 heavy (non-hydrogen) atoms. The molecule has 1 atom stereocenters. The van der Waals surface area contributed by atoms with E-state index in [4.69, 9.17) is 0 Å². The first-order chi connectivity index (χ1) is 6.25. The Hall–Kier alpha value is -0.430. The first-order valence-corrected chi connectivity index (χ1v) is 5.26. The fourth-order valence-corrected chi connectivity index (χ4v) is 1.72. The van der Waals surface area contributed by atoms with Crippen molar-refractivity contribution in [2.45, 2.75) is 12.5 Å². The van der Waals surface area contributed by atoms with Gasteiger partial charge in [0, 0.05) is 13.1 Å². The molecule has 0 amide bonds. The van der Waals surface area contributed by atoms with Crippen LogP contribution in [0, 0.1) is 3.70 Å². The number of aromatic nitrogens is 2. The first-order valence-electron chi connectivity index (χ1n) is 4.18. The molecule has 0 aromatic carbocycles. The number of halogens is 1. The lowest BCUT2D eigenvalue weighted by atomic mass is 10.3. The molecule has 1 N–H and O–H groups in total. The fraction of sp³-hybridized carbons (Fsp3) is 0.500. The zero-order valence-corrected chi connectivity index (χ0v) is 9.18. The smallest absolute Gasteiger partial charge is 0.151 e. The van der Waals surface area contributed by atoms with E-state index in [-0.39, 0.29) is 6.10 Å². The second kappa shape index (κ2) is 3.75. The summed E-state index contributed by atoms with van der Waals surface area (Å²) >= 11 is 2.12. The lowest BCUT2D eigenvalue weighted by Crippen LogP contribution is -2.22. The van der Waals surface area contributed by atoms with E-state index in [9.17, 15) is 5.11 Å². The second-order valence-electron chi connectivity index (χ2n) is 3.10. The van der Waals surface area contributed by atoms with Gasteiger partial charge in [-0.3, -0.25) is 0 Å². The maximum atomic E-state index is 9.32. The molecule has 5 heteroatoms. The van der Waals surface area contributed by atoms with E-state index >= 15 is 0 Å². The van der Waals surface area contributed by atoms with Gasteiger partial charge in [-0.1, -0.05) is 0 Å². The summed E-state index contributed by atoms with van der Waals surface area (Å²) in [5.74, 6) is 0.858. The number of aliphatic hydroxyl groups is 1. The van der Waals surface area contributed by atoms with Crippen molar-refractivity contribution in [1.82, 2.24) is 10.2 Å². The van der Waals surface area contributed by atoms with E-state index < -0.39 is 0 Å². The van der Waals surface area contributed by atoms with Gasteiger partial charge in [-0.2, -0.15) is 0 Å². The van der Waals surface area contributed by atoms with E-state index in [1.807, 2.05) is 17.0 Å². The maximum absolute atomic E-state index is 9.32. The van der Waals surface area contributed by atoms with Gasteiger partial charge in [0.25, 0.3) is 0 Å². The van der Waals surface area contributed by atoms with Gasteiger partial charge in [0.2, 0.25) is 0 Å². The zero-order chi connectivity index (χ0) is 9.26. The van der Waals surface area contributed by atoms with E-state index in [0.717, 1.165) is 22.5 Å². The molecule has 2 rings (SSSR count). The van der Waals surface area contributed by atoms with Crippen LogP contribution in [-0.2, 0) is 0 Å². The van der Waals surface area contributed by atoms with Crippen molar-refractivity contribution >= 4 is 28.4 Å². The number of rotatable bonds is 1. The molecule has 0 saturated carbocycles. The molecule has 1 saturated heterocycles. The predicted molar refractivity (Wildman–Crippen MR) is 57.6 cm³/mol. The standard InChI is InChI=1S/C8H10IN3O/c9-7-1-2-8(11-10-7)12-4-3-6(13)5-12/h1-2,6,13H,3-5H2. The van der Waals surface area contributed by atoms with Gasteiger partial charge >= 0.3 is 0 Å². The lowest BCUT2D eigenvalue weighted by Gasteiger charge is -2.14. The topological polar surface area (TPSA) is 49.2 Å². The minimum absolute atomic E-state index is 0.207. The van der Waals surface area contributed by atoms with Crippen LogP contribution in [0.3, 0.4) is 0 Å². The molecule has 1 unspecified atom stereocenters. The Labute approximate surface area is 90.1 Å². The maximum Gasteiger partial charge on any atom is 0.151 e. The molecular formula is C8H10IN3O. The Morgan fingerprint density at radius 3 is 2.85 bits per heavy atom. The van der Waals surface area contributed by atoms with E-state index in [1.165, 1.54) is 0 Å². The summed E-state index contributed by atoms with van der Waals surface area (Å²) < 4.78 is 0.890. The van der Waals surface area contributed by atoms with Crippen LogP contribution in [0.1, 0.15) is 6.42 Å². The van der Waals surface area contributed by atoms with Crippen molar-refractivity contribution < 1.29 is 5.11 Å². The van der Waals surface area contributed by atoms with Gasteiger partial charge in [-0.05, 0) is 41.1 Å². The Bertz CT molecular complexity index is 290. The van der Waals surface area contributed by atoms with Crippen LogP contribution in [0.4, 0.5) is 5.82 Å². The van der Waals surface area contributed by atoms with Crippen LogP contribution in [0.25, 0.3) is 0 Å². The molecule has 1 aromatic heterocycles. The highest BCUT2D eigenvalue weighted by molar-refractivity contribution is 14.1. The molecule has 1 aromatic rings. The molecule has 0 bridgehead atoms. The van der Waals surface area contributed by atoms with Crippen LogP contribution in [0.2, 0.25) is 0 Å². The Balaban J connectivity index is 2.13. The van der Waals surface area contributed by atoms with Gasteiger partial charge in [0.1, 0.15) is 3.70 Å². The molecule has 70 valence electrons. The van der Waals surface area contributed by atoms with Crippen molar-refractivity contribution in [3.63, 3.8) is 0 Å². The van der Waals surface area contributed by atoms with Crippen LogP contribution < -0.4 is 4.90 Å². The van der Waals surface area contributed by atoms with Crippen molar-refractivity contribution in [1.29, 1.82) is 0 Å². The van der Waals surface area contributed by atoms with Crippen LogP contribution in [0.15, 0.2) is 12.1 Å². The summed E-state index contributed by atoms with van der Waals surface area (Å²) in [7, 11) is 0. The molecule has 2 heterocycles. The highest BCUT2D eigenvalue weighted by Gasteiger charge is 2.21. The highest BCUT2D eigenvalue weighted by Crippen LogP contribution is 2.17. The average Bonchev–Trinajstić information content (AvgIpc) is 2.53. The van der Waals surface area contributed by atoms with E-state index in [1.54, 1.807) is 0 Å². The molecule has 1 fully saturated rings. The van der Waals surface area contributed by atoms with Gasteiger partial charge in [0.15, 0.2) is 5.82 Å². The SMILES string of the molecule is OC1CCN(c2ccc(I)nn2)C1. The molecule has 0 radical (unpaired) electrons. The van der Waals surface area contributed by atoms with Crippen LogP contribution >= 0.6 is 22.6 Å². The minimum Gasteiger partial charge on any atom is -0.391 e. The van der Waals surface area contributed by atoms with E-state index in [0.29, 0.717) is 6.54 Å². The summed E-state index contributed by atoms with van der Waals surface area (Å²) in [4.78, 5) is 2.05. The van der Waals surface area contributed by atoms with Gasteiger partial charge in [0.05, 0.1) is 6.10 Å². The number of anilines is 1. The first kappa shape index (κ1) is 9.14. The normalized spacial score (nSPS) is 22.3. The second-order valence-corrected chi connectivity index (χ2v) is 4.21. The van der Waals surface area contributed by atoms with Gasteiger partial charge in [-0.25, -0.2) is 0 Å². The number of nitrogens with zero attached hydrogens (tertiary/aromatic N) is 3. The van der Waals surface area contributed by atoms with Crippen molar-refractivity contribution in [2.75, 3.05) is 18.0 Å². The zero-order valence-electron chi connectivity index (χ0n) is 7.02. The minimum atomic E-state index is -0.207. The van der Waals surface area contributed by atoms with E-state index in [2.05, 4.69) is 32.8 Å². The van der Waals surface area contributed by atoms with Gasteiger partial charge < -0.3 is 10.0 Å². The molecule has 4 nitrogen and oxygen atoms in total. The summed E-state index contributed by atoms with van der Waals surface area (Å²) in [5, 5.41) is 17.3. The van der Waals surface area contributed by atoms with Gasteiger partial charge in [-0.15, -0.1) is 10.2 Å². The quantitative estimate of drug-likeness (QED) is 0.772. The highest BCUT2D eigenvalue weighted by atomic mass is 127. The summed E-state index contributed by atoms with van der Waals surface area (Å²) in [6, 6.07) is 3.86. The molecule has 1 aliphatic rings. The molecule has 1 aliphatic heterocycles. The van der Waals surface area contributed by atoms with Crippen LogP contribution in [0.5, 0.6) is 0 Å². The summed E-state index contributed by atoms with van der Waals surface area (Å²) in [5.41, 5.74) is 0. The Kier molecular flexibility index (Phi) is 2.63.